The maximum atomic E-state index is 11.3. The molecule has 1 fully saturated rings. The third kappa shape index (κ3) is 2.49. The van der Waals surface area contributed by atoms with E-state index in [1.54, 1.807) is 0 Å². The normalized spacial score (nSPS) is 16.8. The number of aromatic amines is 2. The number of rotatable bonds is 3. The molecule has 5 heteroatoms. The molecule has 0 aromatic carbocycles. The van der Waals surface area contributed by atoms with Crippen LogP contribution in [-0.4, -0.2) is 16.5 Å². The van der Waals surface area contributed by atoms with E-state index in [4.69, 9.17) is 0 Å². The predicted octanol–water partition coefficient (Wildman–Crippen LogP) is -0.120. The molecule has 0 atom stereocenters. The van der Waals surface area contributed by atoms with Crippen LogP contribution in [0.4, 0.5) is 5.69 Å². The summed E-state index contributed by atoms with van der Waals surface area (Å²) < 4.78 is 0. The van der Waals surface area contributed by atoms with E-state index in [0.717, 1.165) is 5.92 Å². The molecule has 1 aromatic rings. The highest BCUT2D eigenvalue weighted by Gasteiger charge is 2.16. The van der Waals surface area contributed by atoms with Gasteiger partial charge >= 0.3 is 5.69 Å². The average molecular weight is 204 g/mol. The van der Waals surface area contributed by atoms with Crippen molar-refractivity contribution in [2.75, 3.05) is 11.9 Å². The molecule has 1 aromatic heterocycles. The molecule has 0 unspecified atom stereocenters. The first-order valence-corrected chi connectivity index (χ1v) is 4.52. The lowest BCUT2D eigenvalue weighted by atomic mass is 10.1. The van der Waals surface area contributed by atoms with Gasteiger partial charge in [-0.15, -0.1) is 0 Å². The monoisotopic (exact) mass is 204 g/mol. The number of anilines is 1. The average Bonchev–Trinajstić information content (AvgIpc) is 2.69. The van der Waals surface area contributed by atoms with Crippen LogP contribution in [0.3, 0.4) is 0 Å². The van der Waals surface area contributed by atoms with Crippen LogP contribution in [0.2, 0.25) is 0 Å². The standard InChI is InChI=1S/C10H10N3O2/c14-9-8(6-12-10(15)13-9)11-5-7-3-1-2-4-7/h1-4,6,11H,5H2,(H2,12,13,14,15). The Balaban J connectivity index is 1.98. The molecule has 1 saturated carbocycles. The quantitative estimate of drug-likeness (QED) is 0.642. The lowest BCUT2D eigenvalue weighted by Gasteiger charge is -2.09. The zero-order valence-corrected chi connectivity index (χ0v) is 7.91. The molecular formula is C10H10N3O2. The van der Waals surface area contributed by atoms with Gasteiger partial charge in [-0.05, 0) is 25.7 Å². The Morgan fingerprint density at radius 1 is 1.20 bits per heavy atom. The van der Waals surface area contributed by atoms with E-state index in [0.29, 0.717) is 12.2 Å². The largest absolute Gasteiger partial charge is 0.379 e. The van der Waals surface area contributed by atoms with E-state index < -0.39 is 11.2 Å². The van der Waals surface area contributed by atoms with E-state index >= 15 is 0 Å². The predicted molar refractivity (Wildman–Crippen MR) is 56.6 cm³/mol. The summed E-state index contributed by atoms with van der Waals surface area (Å²) >= 11 is 0. The maximum Gasteiger partial charge on any atom is 0.325 e. The number of hydrogen-bond donors (Lipinski definition) is 3. The van der Waals surface area contributed by atoms with Gasteiger partial charge < -0.3 is 10.3 Å². The number of H-pyrrole nitrogens is 2. The minimum atomic E-state index is -0.501. The van der Waals surface area contributed by atoms with E-state index in [9.17, 15) is 9.59 Å². The van der Waals surface area contributed by atoms with Crippen molar-refractivity contribution >= 4 is 5.69 Å². The summed E-state index contributed by atoms with van der Waals surface area (Å²) in [5.74, 6) is 1.08. The molecule has 0 bridgehead atoms. The summed E-state index contributed by atoms with van der Waals surface area (Å²) in [5.41, 5.74) is -0.556. The first kappa shape index (κ1) is 10.0. The summed E-state index contributed by atoms with van der Waals surface area (Å²) in [6.45, 7) is 0.558. The maximum absolute atomic E-state index is 11.3. The topological polar surface area (TPSA) is 77.8 Å². The Hall–Kier alpha value is -1.52. The highest BCUT2D eigenvalue weighted by atomic mass is 16.2. The molecule has 1 aliphatic carbocycles. The molecule has 0 amide bonds. The lowest BCUT2D eigenvalue weighted by Crippen LogP contribution is -2.25. The molecule has 0 spiro atoms. The van der Waals surface area contributed by atoms with E-state index in [-0.39, 0.29) is 0 Å². The van der Waals surface area contributed by atoms with Crippen molar-refractivity contribution in [3.8, 4) is 0 Å². The highest BCUT2D eigenvalue weighted by Crippen LogP contribution is 2.22. The van der Waals surface area contributed by atoms with E-state index in [1.807, 2.05) is 25.7 Å². The van der Waals surface area contributed by atoms with Crippen LogP contribution in [0.1, 0.15) is 0 Å². The third-order valence-electron chi connectivity index (χ3n) is 2.03. The Kier molecular flexibility index (Phi) is 2.89. The van der Waals surface area contributed by atoms with Crippen molar-refractivity contribution in [3.05, 3.63) is 58.6 Å². The van der Waals surface area contributed by atoms with E-state index in [2.05, 4.69) is 15.3 Å². The number of aromatic nitrogens is 2. The van der Waals surface area contributed by atoms with Crippen molar-refractivity contribution in [1.82, 2.24) is 9.97 Å². The van der Waals surface area contributed by atoms with Gasteiger partial charge in [-0.2, -0.15) is 0 Å². The first-order valence-electron chi connectivity index (χ1n) is 4.52. The molecule has 1 heterocycles. The molecule has 77 valence electrons. The number of nitrogens with one attached hydrogen (secondary N) is 3. The fraction of sp³-hybridized carbons (Fsp3) is 0.100. The van der Waals surface area contributed by atoms with Gasteiger partial charge in [0.15, 0.2) is 0 Å². The van der Waals surface area contributed by atoms with Crippen LogP contribution in [0.15, 0.2) is 15.8 Å². The van der Waals surface area contributed by atoms with Crippen LogP contribution in [0.25, 0.3) is 0 Å². The second-order valence-electron chi connectivity index (χ2n) is 3.13. The SMILES string of the molecule is O=c1[nH]cc(NC[C]2[CH][CH][CH][CH]2)c(=O)[nH]1. The van der Waals surface area contributed by atoms with Gasteiger partial charge in [-0.25, -0.2) is 4.79 Å². The molecule has 5 radical (unpaired) electrons. The summed E-state index contributed by atoms with van der Waals surface area (Å²) in [5, 5.41) is 2.93. The minimum Gasteiger partial charge on any atom is -0.379 e. The fourth-order valence-corrected chi connectivity index (χ4v) is 1.27. The molecule has 0 saturated heterocycles. The van der Waals surface area contributed by atoms with Gasteiger partial charge in [-0.3, -0.25) is 9.78 Å². The van der Waals surface area contributed by atoms with Crippen molar-refractivity contribution in [2.45, 2.75) is 0 Å². The van der Waals surface area contributed by atoms with Gasteiger partial charge in [0.05, 0.1) is 0 Å². The molecular weight excluding hydrogens is 194 g/mol. The summed E-state index contributed by atoms with van der Waals surface area (Å²) in [6, 6.07) is 0. The van der Waals surface area contributed by atoms with Crippen molar-refractivity contribution < 1.29 is 0 Å². The van der Waals surface area contributed by atoms with Gasteiger partial charge in [0.25, 0.3) is 5.56 Å². The molecule has 1 aliphatic rings. The van der Waals surface area contributed by atoms with E-state index in [1.165, 1.54) is 6.20 Å². The zero-order chi connectivity index (χ0) is 10.7. The Labute approximate surface area is 86.9 Å². The summed E-state index contributed by atoms with van der Waals surface area (Å²) in [4.78, 5) is 26.5. The Morgan fingerprint density at radius 2 is 1.93 bits per heavy atom. The third-order valence-corrected chi connectivity index (χ3v) is 2.03. The highest BCUT2D eigenvalue weighted by molar-refractivity contribution is 5.43. The van der Waals surface area contributed by atoms with Crippen LogP contribution in [-0.2, 0) is 0 Å². The Morgan fingerprint density at radius 3 is 2.60 bits per heavy atom. The van der Waals surface area contributed by atoms with Crippen LogP contribution >= 0.6 is 0 Å². The van der Waals surface area contributed by atoms with Crippen LogP contribution in [0.5, 0.6) is 0 Å². The van der Waals surface area contributed by atoms with Gasteiger partial charge in [0, 0.05) is 18.7 Å². The number of hydrogen-bond acceptors (Lipinski definition) is 3. The lowest BCUT2D eigenvalue weighted by molar-refractivity contribution is 1.01. The summed E-state index contributed by atoms with van der Waals surface area (Å²) in [6.07, 6.45) is 9.12. The van der Waals surface area contributed by atoms with Crippen LogP contribution in [0, 0.1) is 31.6 Å². The molecule has 0 aliphatic heterocycles. The van der Waals surface area contributed by atoms with Crippen molar-refractivity contribution in [3.63, 3.8) is 0 Å². The molecule has 2 rings (SSSR count). The smallest absolute Gasteiger partial charge is 0.325 e. The minimum absolute atomic E-state index is 0.357. The molecule has 5 nitrogen and oxygen atoms in total. The van der Waals surface area contributed by atoms with Crippen molar-refractivity contribution in [2.24, 2.45) is 0 Å². The van der Waals surface area contributed by atoms with Crippen LogP contribution < -0.4 is 16.6 Å². The zero-order valence-electron chi connectivity index (χ0n) is 7.91. The Bertz CT molecular complexity index is 429. The first-order chi connectivity index (χ1) is 7.25. The van der Waals surface area contributed by atoms with Gasteiger partial charge in [0.1, 0.15) is 5.69 Å². The second-order valence-corrected chi connectivity index (χ2v) is 3.13. The molecule has 15 heavy (non-hydrogen) atoms. The van der Waals surface area contributed by atoms with Crippen molar-refractivity contribution in [1.29, 1.82) is 0 Å². The second kappa shape index (κ2) is 4.33. The summed E-state index contributed by atoms with van der Waals surface area (Å²) in [7, 11) is 0. The van der Waals surface area contributed by atoms with Gasteiger partial charge in [0.2, 0.25) is 0 Å². The fourth-order valence-electron chi connectivity index (χ4n) is 1.27. The van der Waals surface area contributed by atoms with Gasteiger partial charge in [-0.1, -0.05) is 0 Å². The molecule has 3 N–H and O–H groups in total.